The Kier molecular flexibility index (Phi) is 24.1. The number of benzene rings is 1. The summed E-state index contributed by atoms with van der Waals surface area (Å²) in [4.78, 5) is 0. The first-order valence-electron chi connectivity index (χ1n) is 17.0. The van der Waals surface area contributed by atoms with Crippen LogP contribution in [0, 0.1) is 6.92 Å². The maximum atomic E-state index is 11.0. The molecule has 0 heterocycles. The van der Waals surface area contributed by atoms with Gasteiger partial charge in [0.15, 0.2) is 0 Å². The van der Waals surface area contributed by atoms with Crippen LogP contribution in [0.4, 0.5) is 5.69 Å². The second kappa shape index (κ2) is 26.2. The smallest absolute Gasteiger partial charge is 0.0823 e. The Hall–Kier alpha value is -1.06. The number of aryl methyl sites for hydroxylation is 1. The SMILES string of the molecule is CCCCCCCCCCCCCCN(CCCCCCCCCCCCCC)N(O)c1ccc(C)cc1. The first-order chi connectivity index (χ1) is 18.7. The van der Waals surface area contributed by atoms with Crippen LogP contribution < -0.4 is 5.17 Å². The monoisotopic (exact) mass is 531 g/mol. The third kappa shape index (κ3) is 19.9. The molecule has 0 bridgehead atoms. The van der Waals surface area contributed by atoms with Crippen molar-refractivity contribution in [2.75, 3.05) is 18.3 Å². The fourth-order valence-corrected chi connectivity index (χ4v) is 5.41. The molecule has 1 N–H and O–H groups in total. The van der Waals surface area contributed by atoms with Crippen LogP contribution in [0.25, 0.3) is 0 Å². The number of rotatable bonds is 28. The maximum Gasteiger partial charge on any atom is 0.0823 e. The Morgan fingerprint density at radius 3 is 1.05 bits per heavy atom. The highest BCUT2D eigenvalue weighted by atomic mass is 16.5. The van der Waals surface area contributed by atoms with Gasteiger partial charge >= 0.3 is 0 Å². The summed E-state index contributed by atoms with van der Waals surface area (Å²) in [5, 5.41) is 14.6. The minimum absolute atomic E-state index is 0.883. The van der Waals surface area contributed by atoms with E-state index in [-0.39, 0.29) is 0 Å². The quantitative estimate of drug-likeness (QED) is 0.0861. The molecular weight excluding hydrogens is 464 g/mol. The van der Waals surface area contributed by atoms with Crippen molar-refractivity contribution in [3.63, 3.8) is 0 Å². The molecule has 0 saturated carbocycles. The lowest BCUT2D eigenvalue weighted by Gasteiger charge is -2.31. The molecule has 0 fully saturated rings. The molecule has 0 aromatic heterocycles. The van der Waals surface area contributed by atoms with Crippen molar-refractivity contribution in [2.45, 2.75) is 175 Å². The minimum atomic E-state index is 0.883. The van der Waals surface area contributed by atoms with Crippen molar-refractivity contribution in [3.8, 4) is 0 Å². The van der Waals surface area contributed by atoms with E-state index in [2.05, 4.69) is 37.9 Å². The predicted molar refractivity (Wildman–Crippen MR) is 169 cm³/mol. The first kappa shape index (κ1) is 35.0. The molecule has 0 amide bonds. The van der Waals surface area contributed by atoms with Gasteiger partial charge in [-0.1, -0.05) is 173 Å². The van der Waals surface area contributed by atoms with Crippen molar-refractivity contribution < 1.29 is 5.21 Å². The molecule has 1 aromatic rings. The molecule has 0 atom stereocenters. The van der Waals surface area contributed by atoms with Crippen LogP contribution in [0.15, 0.2) is 24.3 Å². The molecule has 0 spiro atoms. The van der Waals surface area contributed by atoms with E-state index in [1.54, 1.807) is 0 Å². The number of nitrogens with zero attached hydrogens (tertiary/aromatic N) is 2. The summed E-state index contributed by atoms with van der Waals surface area (Å²) in [6, 6.07) is 8.24. The second-order valence-corrected chi connectivity index (χ2v) is 11.9. The van der Waals surface area contributed by atoms with Gasteiger partial charge in [0.1, 0.15) is 0 Å². The van der Waals surface area contributed by atoms with Crippen LogP contribution in [0.5, 0.6) is 0 Å². The number of hydrogen-bond donors (Lipinski definition) is 1. The molecule has 0 unspecified atom stereocenters. The normalized spacial score (nSPS) is 11.5. The van der Waals surface area contributed by atoms with E-state index in [0.29, 0.717) is 0 Å². The molecule has 0 aliphatic rings. The van der Waals surface area contributed by atoms with Gasteiger partial charge in [0, 0.05) is 13.1 Å². The third-order valence-corrected chi connectivity index (χ3v) is 8.07. The zero-order valence-corrected chi connectivity index (χ0v) is 26.0. The predicted octanol–water partition coefficient (Wildman–Crippen LogP) is 11.8. The maximum absolute atomic E-state index is 11.0. The van der Waals surface area contributed by atoms with Crippen molar-refractivity contribution in [3.05, 3.63) is 29.8 Å². The Morgan fingerprint density at radius 2 is 0.737 bits per heavy atom. The molecule has 3 heteroatoms. The van der Waals surface area contributed by atoms with E-state index < -0.39 is 0 Å². The molecule has 0 radical (unpaired) electrons. The molecule has 1 aromatic carbocycles. The average Bonchev–Trinajstić information content (AvgIpc) is 2.93. The zero-order chi connectivity index (χ0) is 27.5. The van der Waals surface area contributed by atoms with Gasteiger partial charge in [-0.25, -0.2) is 0 Å². The Balaban J connectivity index is 2.20. The van der Waals surface area contributed by atoms with E-state index in [0.717, 1.165) is 31.6 Å². The van der Waals surface area contributed by atoms with Gasteiger partial charge in [-0.2, -0.15) is 10.2 Å². The summed E-state index contributed by atoms with van der Waals surface area (Å²) in [6.07, 6.45) is 32.8. The van der Waals surface area contributed by atoms with Crippen molar-refractivity contribution in [1.29, 1.82) is 0 Å². The lowest BCUT2D eigenvalue weighted by atomic mass is 10.0. The van der Waals surface area contributed by atoms with E-state index in [9.17, 15) is 5.21 Å². The molecule has 1 rings (SSSR count). The number of anilines is 1. The third-order valence-electron chi connectivity index (χ3n) is 8.07. The largest absolute Gasteiger partial charge is 0.273 e. The number of hydrogen-bond acceptors (Lipinski definition) is 3. The fraction of sp³-hybridized carbons (Fsp3) is 0.829. The molecule has 38 heavy (non-hydrogen) atoms. The topological polar surface area (TPSA) is 26.7 Å². The van der Waals surface area contributed by atoms with Crippen LogP contribution in [-0.2, 0) is 0 Å². The highest BCUT2D eigenvalue weighted by Crippen LogP contribution is 2.18. The van der Waals surface area contributed by atoms with E-state index in [1.165, 1.54) is 152 Å². The van der Waals surface area contributed by atoms with Gasteiger partial charge in [-0.05, 0) is 31.9 Å². The second-order valence-electron chi connectivity index (χ2n) is 11.9. The summed E-state index contributed by atoms with van der Waals surface area (Å²) < 4.78 is 0. The number of unbranched alkanes of at least 4 members (excludes halogenated alkanes) is 22. The Bertz CT molecular complexity index is 574. The Labute approximate surface area is 238 Å². The summed E-state index contributed by atoms with van der Waals surface area (Å²) in [5.74, 6) is 0. The van der Waals surface area contributed by atoms with Crippen molar-refractivity contribution in [1.82, 2.24) is 5.01 Å². The number of hydrazine groups is 1. The van der Waals surface area contributed by atoms with E-state index >= 15 is 0 Å². The van der Waals surface area contributed by atoms with Gasteiger partial charge in [-0.3, -0.25) is 5.21 Å². The average molecular weight is 531 g/mol. The summed E-state index contributed by atoms with van der Waals surface area (Å²) in [7, 11) is 0. The van der Waals surface area contributed by atoms with Gasteiger partial charge in [-0.15, -0.1) is 0 Å². The van der Waals surface area contributed by atoms with E-state index in [4.69, 9.17) is 0 Å². The minimum Gasteiger partial charge on any atom is -0.273 e. The van der Waals surface area contributed by atoms with Crippen LogP contribution in [0.3, 0.4) is 0 Å². The Morgan fingerprint density at radius 1 is 0.447 bits per heavy atom. The van der Waals surface area contributed by atoms with Crippen LogP contribution in [-0.4, -0.2) is 23.3 Å². The van der Waals surface area contributed by atoms with Crippen LogP contribution in [0.1, 0.15) is 174 Å². The summed E-state index contributed by atoms with van der Waals surface area (Å²) in [6.45, 7) is 8.57. The van der Waals surface area contributed by atoms with Crippen molar-refractivity contribution in [2.24, 2.45) is 0 Å². The highest BCUT2D eigenvalue weighted by Gasteiger charge is 2.13. The molecule has 222 valence electrons. The molecule has 0 aliphatic heterocycles. The zero-order valence-electron chi connectivity index (χ0n) is 26.0. The van der Waals surface area contributed by atoms with Gasteiger partial charge in [0.2, 0.25) is 0 Å². The van der Waals surface area contributed by atoms with Crippen LogP contribution in [0.2, 0.25) is 0 Å². The molecule has 0 aliphatic carbocycles. The van der Waals surface area contributed by atoms with Crippen molar-refractivity contribution >= 4 is 5.69 Å². The summed E-state index contributed by atoms with van der Waals surface area (Å²) >= 11 is 0. The van der Waals surface area contributed by atoms with Gasteiger partial charge in [0.05, 0.1) is 5.69 Å². The summed E-state index contributed by atoms with van der Waals surface area (Å²) in [5.41, 5.74) is 2.11. The highest BCUT2D eigenvalue weighted by molar-refractivity contribution is 5.43. The lowest BCUT2D eigenvalue weighted by Crippen LogP contribution is -2.41. The molecular formula is C35H66N2O. The van der Waals surface area contributed by atoms with E-state index in [1.807, 2.05) is 12.1 Å². The van der Waals surface area contributed by atoms with Crippen LogP contribution >= 0.6 is 0 Å². The lowest BCUT2D eigenvalue weighted by molar-refractivity contribution is 0.0620. The van der Waals surface area contributed by atoms with Gasteiger partial charge < -0.3 is 0 Å². The first-order valence-corrected chi connectivity index (χ1v) is 17.0. The molecule has 0 saturated heterocycles. The molecule has 3 nitrogen and oxygen atoms in total. The van der Waals surface area contributed by atoms with Gasteiger partial charge in [0.25, 0.3) is 0 Å². The standard InChI is InChI=1S/C35H66N2O/c1-4-6-8-10-12-14-16-18-20-22-24-26-32-36(37(38)35-30-28-34(3)29-31-35)33-27-25-23-21-19-17-15-13-11-9-7-5-2/h28-31,38H,4-27,32-33H2,1-3H3. The fourth-order valence-electron chi connectivity index (χ4n) is 5.41.